The van der Waals surface area contributed by atoms with Gasteiger partial charge in [-0.2, -0.15) is 0 Å². The molecule has 0 bridgehead atoms. The maximum atomic E-state index is 12.1. The van der Waals surface area contributed by atoms with Gasteiger partial charge in [0.1, 0.15) is 0 Å². The van der Waals surface area contributed by atoms with E-state index in [0.717, 1.165) is 5.56 Å². The van der Waals surface area contributed by atoms with Crippen molar-refractivity contribution in [3.05, 3.63) is 48.6 Å². The third-order valence-electron chi connectivity index (χ3n) is 2.66. The molecule has 5 heteroatoms. The maximum absolute atomic E-state index is 12.1. The zero-order valence-electron chi connectivity index (χ0n) is 10.7. The van der Waals surface area contributed by atoms with E-state index in [1.165, 1.54) is 4.90 Å². The van der Waals surface area contributed by atoms with Gasteiger partial charge in [-0.25, -0.2) is 0 Å². The fraction of sp³-hybridized carbons (Fsp3) is 0.357. The molecule has 1 amide bonds. The molecule has 1 rings (SSSR count). The first-order valence-electron chi connectivity index (χ1n) is 5.87. The molecule has 1 aromatic carbocycles. The molecule has 0 saturated heterocycles. The van der Waals surface area contributed by atoms with Crippen molar-refractivity contribution in [2.24, 2.45) is 5.92 Å². The highest BCUT2D eigenvalue weighted by atomic mass is 35.6. The van der Waals surface area contributed by atoms with E-state index in [0.29, 0.717) is 13.1 Å². The highest BCUT2D eigenvalue weighted by Gasteiger charge is 2.35. The smallest absolute Gasteiger partial charge is 0.275 e. The first kappa shape index (κ1) is 16.4. The molecule has 1 unspecified atom stereocenters. The summed E-state index contributed by atoms with van der Waals surface area (Å²) in [6.45, 7) is 6.53. The van der Waals surface area contributed by atoms with Gasteiger partial charge in [-0.15, -0.1) is 6.58 Å². The third-order valence-corrected chi connectivity index (χ3v) is 3.14. The summed E-state index contributed by atoms with van der Waals surface area (Å²) < 4.78 is -1.93. The summed E-state index contributed by atoms with van der Waals surface area (Å²) in [4.78, 5) is 13.7. The molecule has 1 aromatic rings. The zero-order valence-corrected chi connectivity index (χ0v) is 12.9. The summed E-state index contributed by atoms with van der Waals surface area (Å²) in [6.07, 6.45) is 1.77. The van der Waals surface area contributed by atoms with Crippen molar-refractivity contribution in [3.63, 3.8) is 0 Å². The highest BCUT2D eigenvalue weighted by Crippen LogP contribution is 2.29. The third kappa shape index (κ3) is 5.43. The van der Waals surface area contributed by atoms with Crippen molar-refractivity contribution in [1.82, 2.24) is 4.90 Å². The summed E-state index contributed by atoms with van der Waals surface area (Å²) in [7, 11) is 0. The van der Waals surface area contributed by atoms with Crippen LogP contribution in [0.25, 0.3) is 0 Å². The Bertz CT molecular complexity index is 428. The van der Waals surface area contributed by atoms with Gasteiger partial charge in [-0.1, -0.05) is 78.1 Å². The summed E-state index contributed by atoms with van der Waals surface area (Å²) in [5.74, 6) is -0.393. The van der Waals surface area contributed by atoms with Gasteiger partial charge in [0.05, 0.1) is 0 Å². The Hall–Kier alpha value is -0.700. The second kappa shape index (κ2) is 7.18. The SMILES string of the molecule is C=CC(C)CN(Cc1ccccc1)C(=O)C(Cl)(Cl)Cl. The number of hydrogen-bond donors (Lipinski definition) is 0. The largest absolute Gasteiger partial charge is 0.334 e. The number of nitrogens with zero attached hydrogens (tertiary/aromatic N) is 1. The molecule has 0 N–H and O–H groups in total. The average Bonchev–Trinajstić information content (AvgIpc) is 2.37. The summed E-state index contributed by atoms with van der Waals surface area (Å²) in [6, 6.07) is 9.58. The number of hydrogen-bond acceptors (Lipinski definition) is 1. The van der Waals surface area contributed by atoms with Crippen molar-refractivity contribution in [1.29, 1.82) is 0 Å². The lowest BCUT2D eigenvalue weighted by atomic mass is 10.1. The number of benzene rings is 1. The zero-order chi connectivity index (χ0) is 14.5. The molecule has 0 saturated carbocycles. The fourth-order valence-corrected chi connectivity index (χ4v) is 1.98. The molecule has 2 nitrogen and oxygen atoms in total. The van der Waals surface area contributed by atoms with E-state index >= 15 is 0 Å². The van der Waals surface area contributed by atoms with Gasteiger partial charge < -0.3 is 4.90 Å². The fourth-order valence-electron chi connectivity index (χ4n) is 1.62. The van der Waals surface area contributed by atoms with Gasteiger partial charge in [0.2, 0.25) is 0 Å². The van der Waals surface area contributed by atoms with Crippen molar-refractivity contribution in [2.45, 2.75) is 17.3 Å². The lowest BCUT2D eigenvalue weighted by molar-refractivity contribution is -0.131. The second-order valence-corrected chi connectivity index (χ2v) is 6.66. The topological polar surface area (TPSA) is 20.3 Å². The standard InChI is InChI=1S/C14H16Cl3NO/c1-3-11(2)9-18(13(19)14(15,16)17)10-12-7-5-4-6-8-12/h3-8,11H,1,9-10H2,2H3. The van der Waals surface area contributed by atoms with Gasteiger partial charge in [0.15, 0.2) is 0 Å². The monoisotopic (exact) mass is 319 g/mol. The molecule has 0 radical (unpaired) electrons. The van der Waals surface area contributed by atoms with Crippen molar-refractivity contribution >= 4 is 40.7 Å². The van der Waals surface area contributed by atoms with Crippen LogP contribution >= 0.6 is 34.8 Å². The van der Waals surface area contributed by atoms with Gasteiger partial charge in [-0.05, 0) is 11.5 Å². The van der Waals surface area contributed by atoms with Crippen LogP contribution in [0.4, 0.5) is 0 Å². The molecule has 104 valence electrons. The maximum Gasteiger partial charge on any atom is 0.275 e. The number of carbonyl (C=O) groups is 1. The van der Waals surface area contributed by atoms with Crippen LogP contribution in [0, 0.1) is 5.92 Å². The minimum Gasteiger partial charge on any atom is -0.334 e. The van der Waals surface area contributed by atoms with Gasteiger partial charge in [-0.3, -0.25) is 4.79 Å². The Morgan fingerprint density at radius 2 is 1.95 bits per heavy atom. The van der Waals surface area contributed by atoms with Crippen LogP contribution in [0.2, 0.25) is 0 Å². The summed E-state index contributed by atoms with van der Waals surface area (Å²) in [5.41, 5.74) is 0.987. The molecule has 0 aliphatic heterocycles. The molecular formula is C14H16Cl3NO. The van der Waals surface area contributed by atoms with Gasteiger partial charge in [0, 0.05) is 13.1 Å². The van der Waals surface area contributed by atoms with E-state index in [1.54, 1.807) is 6.08 Å². The molecule has 0 aromatic heterocycles. The van der Waals surface area contributed by atoms with Gasteiger partial charge in [0.25, 0.3) is 9.70 Å². The van der Waals surface area contributed by atoms with Crippen molar-refractivity contribution in [2.75, 3.05) is 6.54 Å². The molecule has 19 heavy (non-hydrogen) atoms. The van der Waals surface area contributed by atoms with Crippen LogP contribution in [0.3, 0.4) is 0 Å². The van der Waals surface area contributed by atoms with E-state index < -0.39 is 9.70 Å². The Morgan fingerprint density at radius 3 is 2.42 bits per heavy atom. The van der Waals surface area contributed by atoms with Crippen LogP contribution in [-0.4, -0.2) is 21.1 Å². The molecule has 1 atom stereocenters. The van der Waals surface area contributed by atoms with Crippen molar-refractivity contribution in [3.8, 4) is 0 Å². The van der Waals surface area contributed by atoms with E-state index in [4.69, 9.17) is 34.8 Å². The van der Waals surface area contributed by atoms with Crippen LogP contribution < -0.4 is 0 Å². The predicted molar refractivity (Wildman–Crippen MR) is 81.5 cm³/mol. The van der Waals surface area contributed by atoms with E-state index in [2.05, 4.69) is 6.58 Å². The van der Waals surface area contributed by atoms with Crippen LogP contribution in [0.5, 0.6) is 0 Å². The number of amides is 1. The molecule has 0 aliphatic rings. The first-order chi connectivity index (χ1) is 8.84. The summed E-state index contributed by atoms with van der Waals surface area (Å²) in [5, 5.41) is 0. The van der Waals surface area contributed by atoms with Crippen LogP contribution in [0.15, 0.2) is 43.0 Å². The lowest BCUT2D eigenvalue weighted by Gasteiger charge is -2.27. The molecule has 0 spiro atoms. The normalized spacial score (nSPS) is 12.8. The average molecular weight is 321 g/mol. The van der Waals surface area contributed by atoms with E-state index in [9.17, 15) is 4.79 Å². The Kier molecular flexibility index (Phi) is 6.18. The van der Waals surface area contributed by atoms with Crippen LogP contribution in [-0.2, 0) is 11.3 Å². The Morgan fingerprint density at radius 1 is 1.37 bits per heavy atom. The number of halogens is 3. The van der Waals surface area contributed by atoms with Crippen molar-refractivity contribution < 1.29 is 4.79 Å². The second-order valence-electron chi connectivity index (χ2n) is 4.38. The van der Waals surface area contributed by atoms with Crippen LogP contribution in [0.1, 0.15) is 12.5 Å². The van der Waals surface area contributed by atoms with E-state index in [-0.39, 0.29) is 5.92 Å². The number of carbonyl (C=O) groups excluding carboxylic acids is 1. The van der Waals surface area contributed by atoms with E-state index in [1.807, 2.05) is 37.3 Å². The number of alkyl halides is 3. The Balaban J connectivity index is 2.86. The molecular weight excluding hydrogens is 305 g/mol. The summed E-state index contributed by atoms with van der Waals surface area (Å²) >= 11 is 17.1. The highest BCUT2D eigenvalue weighted by molar-refractivity contribution is 6.76. The molecule has 0 aliphatic carbocycles. The lowest BCUT2D eigenvalue weighted by Crippen LogP contribution is -2.41. The minimum atomic E-state index is -1.93. The molecule has 0 heterocycles. The van der Waals surface area contributed by atoms with Gasteiger partial charge >= 0.3 is 0 Å². The molecule has 0 fully saturated rings. The Labute approximate surface area is 128 Å². The quantitative estimate of drug-likeness (QED) is 0.588. The predicted octanol–water partition coefficient (Wildman–Crippen LogP) is 4.21. The first-order valence-corrected chi connectivity index (χ1v) is 7.00. The number of rotatable bonds is 5. The minimum absolute atomic E-state index is 0.125.